The Bertz CT molecular complexity index is 1040. The summed E-state index contributed by atoms with van der Waals surface area (Å²) in [6, 6.07) is 15.6. The molecule has 0 unspecified atom stereocenters. The highest BCUT2D eigenvalue weighted by atomic mass is 35.5. The molecule has 1 aromatic heterocycles. The molecule has 0 radical (unpaired) electrons. The number of halogens is 2. The molecule has 8 heteroatoms. The van der Waals surface area contributed by atoms with Crippen molar-refractivity contribution < 1.29 is 14.2 Å². The summed E-state index contributed by atoms with van der Waals surface area (Å²) in [5.41, 5.74) is 0.948. The van der Waals surface area contributed by atoms with Gasteiger partial charge in [-0.2, -0.15) is 5.10 Å². The normalized spacial score (nSPS) is 15.9. The summed E-state index contributed by atoms with van der Waals surface area (Å²) in [4.78, 5) is 2.45. The van der Waals surface area contributed by atoms with Gasteiger partial charge in [0.2, 0.25) is 0 Å². The molecule has 1 saturated heterocycles. The summed E-state index contributed by atoms with van der Waals surface area (Å²) in [6.45, 7) is 4.77. The lowest BCUT2D eigenvalue weighted by atomic mass is 9.91. The fourth-order valence-electron chi connectivity index (χ4n) is 4.15. The van der Waals surface area contributed by atoms with Crippen LogP contribution >= 0.6 is 23.2 Å². The molecule has 0 saturated carbocycles. The maximum atomic E-state index is 6.11. The van der Waals surface area contributed by atoms with Crippen LogP contribution in [0.4, 0.5) is 0 Å². The highest BCUT2D eigenvalue weighted by Crippen LogP contribution is 2.30. The van der Waals surface area contributed by atoms with Crippen LogP contribution in [0, 0.1) is 0 Å². The molecule has 0 amide bonds. The lowest BCUT2D eigenvalue weighted by Gasteiger charge is -2.40. The summed E-state index contributed by atoms with van der Waals surface area (Å²) >= 11 is 12.1. The van der Waals surface area contributed by atoms with Gasteiger partial charge in [-0.25, -0.2) is 0 Å². The molecule has 0 spiro atoms. The molecule has 2 aromatic carbocycles. The van der Waals surface area contributed by atoms with E-state index in [2.05, 4.69) is 28.2 Å². The Morgan fingerprint density at radius 2 is 1.79 bits per heavy atom. The second-order valence-corrected chi connectivity index (χ2v) is 9.46. The standard InChI is InChI=1S/C26H31Cl2N3O3/c1-32-26(20-34-23-7-8-24(27)25(28)18-23)9-14-30(15-10-26)19-21-5-2-6-22(17-21)33-16-4-13-31-12-3-11-29-31/h2-3,5-8,11-12,17-18H,4,9-10,13-16,19-20H2,1H3. The third-order valence-corrected chi connectivity index (χ3v) is 7.00. The number of nitrogens with zero attached hydrogens (tertiary/aromatic N) is 3. The molecule has 1 aliphatic heterocycles. The van der Waals surface area contributed by atoms with Gasteiger partial charge in [0, 0.05) is 58.2 Å². The van der Waals surface area contributed by atoms with Gasteiger partial charge in [-0.05, 0) is 48.7 Å². The Morgan fingerprint density at radius 3 is 2.53 bits per heavy atom. The Hall–Kier alpha value is -2.25. The van der Waals surface area contributed by atoms with Crippen molar-refractivity contribution in [3.05, 3.63) is 76.5 Å². The second kappa shape index (κ2) is 11.9. The highest BCUT2D eigenvalue weighted by Gasteiger charge is 2.35. The first-order valence-corrected chi connectivity index (χ1v) is 12.4. The van der Waals surface area contributed by atoms with Gasteiger partial charge in [0.05, 0.1) is 16.7 Å². The van der Waals surface area contributed by atoms with Gasteiger partial charge in [-0.3, -0.25) is 9.58 Å². The molecule has 0 N–H and O–H groups in total. The van der Waals surface area contributed by atoms with Crippen molar-refractivity contribution in [2.75, 3.05) is 33.4 Å². The summed E-state index contributed by atoms with van der Waals surface area (Å²) in [6.07, 6.45) is 6.48. The quantitative estimate of drug-likeness (QED) is 0.313. The molecular formula is C26H31Cl2N3O3. The van der Waals surface area contributed by atoms with Crippen molar-refractivity contribution in [1.29, 1.82) is 0 Å². The largest absolute Gasteiger partial charge is 0.494 e. The van der Waals surface area contributed by atoms with Crippen LogP contribution in [0.3, 0.4) is 0 Å². The number of piperidine rings is 1. The monoisotopic (exact) mass is 503 g/mol. The van der Waals surface area contributed by atoms with Crippen molar-refractivity contribution in [3.63, 3.8) is 0 Å². The number of likely N-dealkylation sites (tertiary alicyclic amines) is 1. The predicted octanol–water partition coefficient (Wildman–Crippen LogP) is 5.72. The lowest BCUT2D eigenvalue weighted by molar-refractivity contribution is -0.0839. The van der Waals surface area contributed by atoms with E-state index < -0.39 is 0 Å². The highest BCUT2D eigenvalue weighted by molar-refractivity contribution is 6.42. The molecule has 3 aromatic rings. The Morgan fingerprint density at radius 1 is 0.971 bits per heavy atom. The topological polar surface area (TPSA) is 48.8 Å². The van der Waals surface area contributed by atoms with E-state index in [1.165, 1.54) is 5.56 Å². The van der Waals surface area contributed by atoms with E-state index in [1.54, 1.807) is 25.4 Å². The molecule has 0 bridgehead atoms. The molecule has 0 atom stereocenters. The van der Waals surface area contributed by atoms with E-state index in [4.69, 9.17) is 37.4 Å². The molecule has 1 aliphatic rings. The average Bonchev–Trinajstić information content (AvgIpc) is 3.38. The van der Waals surface area contributed by atoms with E-state index in [0.717, 1.165) is 51.2 Å². The third-order valence-electron chi connectivity index (χ3n) is 6.26. The number of aryl methyl sites for hydroxylation is 1. The van der Waals surface area contributed by atoms with Crippen LogP contribution in [0.2, 0.25) is 10.0 Å². The minimum Gasteiger partial charge on any atom is -0.494 e. The summed E-state index contributed by atoms with van der Waals surface area (Å²) < 4.78 is 19.8. The van der Waals surface area contributed by atoms with Crippen LogP contribution in [0.15, 0.2) is 60.9 Å². The van der Waals surface area contributed by atoms with E-state index in [-0.39, 0.29) is 5.60 Å². The van der Waals surface area contributed by atoms with Crippen molar-refractivity contribution in [1.82, 2.24) is 14.7 Å². The summed E-state index contributed by atoms with van der Waals surface area (Å²) in [7, 11) is 1.76. The average molecular weight is 504 g/mol. The van der Waals surface area contributed by atoms with Gasteiger partial charge in [-0.15, -0.1) is 0 Å². The smallest absolute Gasteiger partial charge is 0.121 e. The summed E-state index contributed by atoms with van der Waals surface area (Å²) in [5, 5.41) is 5.23. The van der Waals surface area contributed by atoms with E-state index in [0.29, 0.717) is 29.0 Å². The molecule has 34 heavy (non-hydrogen) atoms. The van der Waals surface area contributed by atoms with Crippen molar-refractivity contribution >= 4 is 23.2 Å². The van der Waals surface area contributed by atoms with Crippen LogP contribution in [0.25, 0.3) is 0 Å². The first kappa shape index (κ1) is 24.9. The number of hydrogen-bond acceptors (Lipinski definition) is 5. The van der Waals surface area contributed by atoms with Crippen molar-refractivity contribution in [2.24, 2.45) is 0 Å². The number of methoxy groups -OCH3 is 1. The molecule has 4 rings (SSSR count). The van der Waals surface area contributed by atoms with Crippen molar-refractivity contribution in [2.45, 2.75) is 38.0 Å². The maximum Gasteiger partial charge on any atom is 0.121 e. The van der Waals surface area contributed by atoms with Gasteiger partial charge in [0.1, 0.15) is 23.7 Å². The number of ether oxygens (including phenoxy) is 3. The van der Waals surface area contributed by atoms with Gasteiger partial charge in [0.15, 0.2) is 0 Å². The van der Waals surface area contributed by atoms with Crippen LogP contribution in [-0.4, -0.2) is 53.7 Å². The van der Waals surface area contributed by atoms with Gasteiger partial charge in [0.25, 0.3) is 0 Å². The number of rotatable bonds is 11. The molecule has 182 valence electrons. The molecule has 6 nitrogen and oxygen atoms in total. The third kappa shape index (κ3) is 6.89. The van der Waals surface area contributed by atoms with Crippen LogP contribution in [0.1, 0.15) is 24.8 Å². The second-order valence-electron chi connectivity index (χ2n) is 8.65. The zero-order valence-corrected chi connectivity index (χ0v) is 21.0. The lowest BCUT2D eigenvalue weighted by Crippen LogP contribution is -2.48. The number of benzene rings is 2. The Labute approximate surface area is 211 Å². The SMILES string of the molecule is COC1(COc2ccc(Cl)c(Cl)c2)CCN(Cc2cccc(OCCCn3cccn3)c2)CC1. The first-order valence-electron chi connectivity index (χ1n) is 11.6. The maximum absolute atomic E-state index is 6.11. The fraction of sp³-hybridized carbons (Fsp3) is 0.423. The first-order chi connectivity index (χ1) is 16.5. The van der Waals surface area contributed by atoms with Gasteiger partial charge in [-0.1, -0.05) is 35.3 Å². The minimum absolute atomic E-state index is 0.303. The van der Waals surface area contributed by atoms with E-state index in [9.17, 15) is 0 Å². The zero-order chi connectivity index (χ0) is 23.8. The van der Waals surface area contributed by atoms with E-state index >= 15 is 0 Å². The number of aromatic nitrogens is 2. The zero-order valence-electron chi connectivity index (χ0n) is 19.5. The van der Waals surface area contributed by atoms with Crippen LogP contribution in [0.5, 0.6) is 11.5 Å². The Kier molecular flexibility index (Phi) is 8.73. The molecule has 0 aliphatic carbocycles. The summed E-state index contributed by atoms with van der Waals surface area (Å²) in [5.74, 6) is 1.62. The minimum atomic E-state index is -0.303. The van der Waals surface area contributed by atoms with Crippen LogP contribution in [-0.2, 0) is 17.8 Å². The predicted molar refractivity (Wildman–Crippen MR) is 135 cm³/mol. The molecule has 1 fully saturated rings. The Balaban J connectivity index is 1.23. The molecular weight excluding hydrogens is 473 g/mol. The van der Waals surface area contributed by atoms with E-state index in [1.807, 2.05) is 29.1 Å². The fourth-order valence-corrected chi connectivity index (χ4v) is 4.44. The van der Waals surface area contributed by atoms with Gasteiger partial charge >= 0.3 is 0 Å². The van der Waals surface area contributed by atoms with Crippen molar-refractivity contribution in [3.8, 4) is 11.5 Å². The van der Waals surface area contributed by atoms with Crippen LogP contribution < -0.4 is 9.47 Å². The molecule has 2 heterocycles. The van der Waals surface area contributed by atoms with Gasteiger partial charge < -0.3 is 14.2 Å². The number of hydrogen-bond donors (Lipinski definition) is 0.